The maximum absolute atomic E-state index is 12.4. The zero-order chi connectivity index (χ0) is 15.8. The predicted molar refractivity (Wildman–Crippen MR) is 87.2 cm³/mol. The minimum absolute atomic E-state index is 0.145. The quantitative estimate of drug-likeness (QED) is 0.610. The van der Waals surface area contributed by atoms with Crippen LogP contribution in [0.4, 0.5) is 0 Å². The van der Waals surface area contributed by atoms with Crippen LogP contribution in [0.15, 0.2) is 48.9 Å². The summed E-state index contributed by atoms with van der Waals surface area (Å²) in [5, 5.41) is 10.7. The molecule has 0 saturated heterocycles. The standard InChI is InChI=1S/C17H15N5O/c1-11-5-6-22-10-13(20-15(22)7-11)9-18-17(23)14-4-2-3-12-8-19-21-16(12)14/h2-8,10H,9H2,1H3,(H,18,23)(H,19,21). The number of nitrogens with zero attached hydrogens (tertiary/aromatic N) is 3. The molecule has 6 nitrogen and oxygen atoms in total. The number of aromatic amines is 1. The molecule has 0 bridgehead atoms. The minimum Gasteiger partial charge on any atom is -0.346 e. The number of carbonyl (C=O) groups is 1. The average molecular weight is 305 g/mol. The Labute approximate surface area is 132 Å². The van der Waals surface area contributed by atoms with E-state index in [4.69, 9.17) is 0 Å². The van der Waals surface area contributed by atoms with E-state index in [0.29, 0.717) is 12.1 Å². The molecule has 0 spiro atoms. The van der Waals surface area contributed by atoms with Crippen molar-refractivity contribution in [1.82, 2.24) is 24.9 Å². The van der Waals surface area contributed by atoms with Crippen LogP contribution in [-0.4, -0.2) is 25.5 Å². The molecule has 0 radical (unpaired) electrons. The molecule has 0 saturated carbocycles. The number of fused-ring (bicyclic) bond motifs is 2. The molecule has 0 aliphatic rings. The molecular weight excluding hydrogens is 290 g/mol. The second kappa shape index (κ2) is 5.24. The maximum atomic E-state index is 12.4. The molecule has 0 atom stereocenters. The summed E-state index contributed by atoms with van der Waals surface area (Å²) in [5.74, 6) is -0.145. The van der Waals surface area contributed by atoms with Gasteiger partial charge >= 0.3 is 0 Å². The lowest BCUT2D eigenvalue weighted by Gasteiger charge is -2.04. The van der Waals surface area contributed by atoms with Crippen LogP contribution in [0.5, 0.6) is 0 Å². The van der Waals surface area contributed by atoms with Gasteiger partial charge in [0.2, 0.25) is 0 Å². The topological polar surface area (TPSA) is 75.1 Å². The Morgan fingerprint density at radius 3 is 3.17 bits per heavy atom. The van der Waals surface area contributed by atoms with Crippen LogP contribution < -0.4 is 5.32 Å². The van der Waals surface area contributed by atoms with E-state index in [2.05, 4.69) is 20.5 Å². The van der Waals surface area contributed by atoms with Crippen molar-refractivity contribution in [3.05, 3.63) is 65.7 Å². The fourth-order valence-electron chi connectivity index (χ4n) is 2.65. The minimum atomic E-state index is -0.145. The van der Waals surface area contributed by atoms with E-state index in [-0.39, 0.29) is 5.91 Å². The predicted octanol–water partition coefficient (Wildman–Crippen LogP) is 2.45. The lowest BCUT2D eigenvalue weighted by Crippen LogP contribution is -2.23. The number of aryl methyl sites for hydroxylation is 1. The first kappa shape index (κ1) is 13.5. The number of carbonyl (C=O) groups excluding carboxylic acids is 1. The van der Waals surface area contributed by atoms with Crippen molar-refractivity contribution in [3.8, 4) is 0 Å². The van der Waals surface area contributed by atoms with Gasteiger partial charge in [-0.25, -0.2) is 4.98 Å². The number of rotatable bonds is 3. The number of amides is 1. The number of aromatic nitrogens is 4. The lowest BCUT2D eigenvalue weighted by atomic mass is 10.1. The number of benzene rings is 1. The summed E-state index contributed by atoms with van der Waals surface area (Å²) in [6, 6.07) is 9.58. The summed E-state index contributed by atoms with van der Waals surface area (Å²) in [6.07, 6.45) is 5.59. The van der Waals surface area contributed by atoms with E-state index >= 15 is 0 Å². The van der Waals surface area contributed by atoms with Gasteiger partial charge in [0.15, 0.2) is 0 Å². The van der Waals surface area contributed by atoms with Crippen molar-refractivity contribution in [2.24, 2.45) is 0 Å². The zero-order valence-corrected chi connectivity index (χ0v) is 12.6. The van der Waals surface area contributed by atoms with Crippen LogP contribution >= 0.6 is 0 Å². The summed E-state index contributed by atoms with van der Waals surface area (Å²) in [6.45, 7) is 2.41. The Kier molecular flexibility index (Phi) is 3.08. The van der Waals surface area contributed by atoms with Gasteiger partial charge < -0.3 is 9.72 Å². The second-order valence-electron chi connectivity index (χ2n) is 5.52. The number of H-pyrrole nitrogens is 1. The van der Waals surface area contributed by atoms with Gasteiger partial charge in [-0.2, -0.15) is 5.10 Å². The van der Waals surface area contributed by atoms with Gasteiger partial charge in [0.05, 0.1) is 29.5 Å². The van der Waals surface area contributed by atoms with E-state index < -0.39 is 0 Å². The third-order valence-electron chi connectivity index (χ3n) is 3.82. The number of pyridine rings is 1. The summed E-state index contributed by atoms with van der Waals surface area (Å²) in [4.78, 5) is 16.9. The SMILES string of the molecule is Cc1ccn2cc(CNC(=O)c3cccc4cn[nH]c34)nc2c1. The van der Waals surface area contributed by atoms with Crippen LogP contribution in [-0.2, 0) is 6.54 Å². The van der Waals surface area contributed by atoms with Crippen LogP contribution in [0.25, 0.3) is 16.6 Å². The average Bonchev–Trinajstić information content (AvgIpc) is 3.17. The van der Waals surface area contributed by atoms with E-state index in [1.54, 1.807) is 12.3 Å². The zero-order valence-electron chi connectivity index (χ0n) is 12.6. The molecular formula is C17H15N5O. The van der Waals surface area contributed by atoms with Crippen molar-refractivity contribution >= 4 is 22.5 Å². The van der Waals surface area contributed by atoms with Gasteiger partial charge in [0.1, 0.15) is 5.65 Å². The van der Waals surface area contributed by atoms with Gasteiger partial charge in [-0.1, -0.05) is 12.1 Å². The maximum Gasteiger partial charge on any atom is 0.253 e. The summed E-state index contributed by atoms with van der Waals surface area (Å²) in [7, 11) is 0. The first-order valence-corrected chi connectivity index (χ1v) is 7.35. The largest absolute Gasteiger partial charge is 0.346 e. The Morgan fingerprint density at radius 2 is 2.26 bits per heavy atom. The third kappa shape index (κ3) is 2.44. The fraction of sp³-hybridized carbons (Fsp3) is 0.118. The molecule has 3 heterocycles. The molecule has 1 aromatic carbocycles. The number of imidazole rings is 1. The lowest BCUT2D eigenvalue weighted by molar-refractivity contribution is 0.0952. The van der Waals surface area contributed by atoms with Gasteiger partial charge in [0.25, 0.3) is 5.91 Å². The summed E-state index contributed by atoms with van der Waals surface area (Å²) in [5.41, 5.74) is 4.19. The van der Waals surface area contributed by atoms with E-state index in [1.165, 1.54) is 0 Å². The number of para-hydroxylation sites is 1. The fourth-order valence-corrected chi connectivity index (χ4v) is 2.65. The molecule has 0 aliphatic carbocycles. The number of hydrogen-bond acceptors (Lipinski definition) is 3. The van der Waals surface area contributed by atoms with Crippen LogP contribution in [0.3, 0.4) is 0 Å². The monoisotopic (exact) mass is 305 g/mol. The normalized spacial score (nSPS) is 11.2. The van der Waals surface area contributed by atoms with Crippen molar-refractivity contribution in [2.45, 2.75) is 13.5 Å². The van der Waals surface area contributed by atoms with Crippen molar-refractivity contribution in [2.75, 3.05) is 0 Å². The Balaban J connectivity index is 1.55. The third-order valence-corrected chi connectivity index (χ3v) is 3.82. The summed E-state index contributed by atoms with van der Waals surface area (Å²) >= 11 is 0. The highest BCUT2D eigenvalue weighted by atomic mass is 16.1. The molecule has 114 valence electrons. The van der Waals surface area contributed by atoms with E-state index in [0.717, 1.165) is 27.8 Å². The van der Waals surface area contributed by atoms with Crippen molar-refractivity contribution in [1.29, 1.82) is 0 Å². The second-order valence-corrected chi connectivity index (χ2v) is 5.52. The highest BCUT2D eigenvalue weighted by Gasteiger charge is 2.11. The highest BCUT2D eigenvalue weighted by molar-refractivity contribution is 6.05. The van der Waals surface area contributed by atoms with E-state index in [9.17, 15) is 4.79 Å². The van der Waals surface area contributed by atoms with Gasteiger partial charge in [-0.05, 0) is 30.7 Å². The molecule has 6 heteroatoms. The van der Waals surface area contributed by atoms with Crippen LogP contribution in [0.2, 0.25) is 0 Å². The highest BCUT2D eigenvalue weighted by Crippen LogP contribution is 2.15. The molecule has 0 fully saturated rings. The number of nitrogens with one attached hydrogen (secondary N) is 2. The van der Waals surface area contributed by atoms with E-state index in [1.807, 2.05) is 48.0 Å². The molecule has 23 heavy (non-hydrogen) atoms. The summed E-state index contributed by atoms with van der Waals surface area (Å²) < 4.78 is 1.95. The molecule has 3 aromatic heterocycles. The Bertz CT molecular complexity index is 1010. The molecule has 4 rings (SSSR count). The van der Waals surface area contributed by atoms with Crippen LogP contribution in [0.1, 0.15) is 21.6 Å². The molecule has 0 aliphatic heterocycles. The van der Waals surface area contributed by atoms with Crippen molar-refractivity contribution < 1.29 is 4.79 Å². The molecule has 1 amide bonds. The van der Waals surface area contributed by atoms with Gasteiger partial charge in [0, 0.05) is 17.8 Å². The first-order valence-electron chi connectivity index (χ1n) is 7.35. The molecule has 4 aromatic rings. The Morgan fingerprint density at radius 1 is 1.35 bits per heavy atom. The van der Waals surface area contributed by atoms with Crippen molar-refractivity contribution in [3.63, 3.8) is 0 Å². The Hall–Kier alpha value is -3.15. The van der Waals surface area contributed by atoms with Gasteiger partial charge in [-0.15, -0.1) is 0 Å². The first-order chi connectivity index (χ1) is 11.2. The van der Waals surface area contributed by atoms with Crippen LogP contribution in [0, 0.1) is 6.92 Å². The van der Waals surface area contributed by atoms with Gasteiger partial charge in [-0.3, -0.25) is 9.89 Å². The smallest absolute Gasteiger partial charge is 0.253 e. The molecule has 2 N–H and O–H groups in total. The number of hydrogen-bond donors (Lipinski definition) is 2. The molecule has 0 unspecified atom stereocenters.